The second kappa shape index (κ2) is 4.27. The van der Waals surface area contributed by atoms with Gasteiger partial charge < -0.3 is 0 Å². The predicted molar refractivity (Wildman–Crippen MR) is 69.7 cm³/mol. The number of hydrogen-bond donors (Lipinski definition) is 0. The van der Waals surface area contributed by atoms with Crippen LogP contribution in [0.25, 0.3) is 22.2 Å². The number of pyridine rings is 2. The summed E-state index contributed by atoms with van der Waals surface area (Å²) in [5.74, 6) is 0. The topological polar surface area (TPSA) is 49.6 Å². The standard InChI is InChI=1S/C15H9N3/c16-10-13-9-12(7-8-17-13)15-6-5-11-3-1-2-4-14(11)18-15/h1-9H. The molecule has 2 heterocycles. The van der Waals surface area contributed by atoms with Gasteiger partial charge in [-0.05, 0) is 24.3 Å². The van der Waals surface area contributed by atoms with Crippen LogP contribution >= 0.6 is 0 Å². The number of fused-ring (bicyclic) bond motifs is 1. The quantitative estimate of drug-likeness (QED) is 0.646. The van der Waals surface area contributed by atoms with E-state index in [1.54, 1.807) is 12.3 Å². The van der Waals surface area contributed by atoms with Crippen LogP contribution in [0.15, 0.2) is 54.7 Å². The van der Waals surface area contributed by atoms with Crippen molar-refractivity contribution in [2.45, 2.75) is 0 Å². The molecule has 0 aliphatic rings. The summed E-state index contributed by atoms with van der Waals surface area (Å²) < 4.78 is 0. The van der Waals surface area contributed by atoms with Gasteiger partial charge >= 0.3 is 0 Å². The molecule has 3 nitrogen and oxygen atoms in total. The van der Waals surface area contributed by atoms with E-state index in [1.165, 1.54) is 0 Å². The largest absolute Gasteiger partial charge is 0.248 e. The number of benzene rings is 1. The molecule has 0 saturated carbocycles. The Kier molecular flexibility index (Phi) is 2.47. The van der Waals surface area contributed by atoms with E-state index in [0.717, 1.165) is 22.2 Å². The van der Waals surface area contributed by atoms with Crippen molar-refractivity contribution in [1.29, 1.82) is 5.26 Å². The van der Waals surface area contributed by atoms with Gasteiger partial charge in [0.2, 0.25) is 0 Å². The number of para-hydroxylation sites is 1. The van der Waals surface area contributed by atoms with E-state index >= 15 is 0 Å². The molecule has 0 atom stereocenters. The van der Waals surface area contributed by atoms with Crippen molar-refractivity contribution in [3.05, 3.63) is 60.4 Å². The molecular weight excluding hydrogens is 222 g/mol. The lowest BCUT2D eigenvalue weighted by atomic mass is 10.1. The van der Waals surface area contributed by atoms with Gasteiger partial charge in [0.1, 0.15) is 11.8 Å². The van der Waals surface area contributed by atoms with Gasteiger partial charge in [-0.1, -0.05) is 24.3 Å². The summed E-state index contributed by atoms with van der Waals surface area (Å²) in [5, 5.41) is 9.96. The summed E-state index contributed by atoms with van der Waals surface area (Å²) in [5.41, 5.74) is 3.12. The van der Waals surface area contributed by atoms with Gasteiger partial charge in [0.25, 0.3) is 0 Å². The fraction of sp³-hybridized carbons (Fsp3) is 0. The maximum absolute atomic E-state index is 8.85. The van der Waals surface area contributed by atoms with E-state index in [2.05, 4.69) is 9.97 Å². The van der Waals surface area contributed by atoms with Crippen LogP contribution in [-0.4, -0.2) is 9.97 Å². The van der Waals surface area contributed by atoms with Crippen LogP contribution in [0.2, 0.25) is 0 Å². The van der Waals surface area contributed by atoms with Crippen LogP contribution in [0.5, 0.6) is 0 Å². The molecule has 18 heavy (non-hydrogen) atoms. The minimum Gasteiger partial charge on any atom is -0.248 e. The van der Waals surface area contributed by atoms with Crippen molar-refractivity contribution in [3.8, 4) is 17.3 Å². The Labute approximate surface area is 104 Å². The molecule has 0 N–H and O–H groups in total. The SMILES string of the molecule is N#Cc1cc(-c2ccc3ccccc3n2)ccn1. The number of aromatic nitrogens is 2. The zero-order chi connectivity index (χ0) is 12.4. The Hall–Kier alpha value is -2.73. The molecule has 1 aromatic carbocycles. The summed E-state index contributed by atoms with van der Waals surface area (Å²) in [6, 6.07) is 17.6. The summed E-state index contributed by atoms with van der Waals surface area (Å²) in [7, 11) is 0. The van der Waals surface area contributed by atoms with E-state index in [-0.39, 0.29) is 0 Å². The van der Waals surface area contributed by atoms with Crippen LogP contribution in [0, 0.1) is 11.3 Å². The maximum Gasteiger partial charge on any atom is 0.141 e. The zero-order valence-electron chi connectivity index (χ0n) is 9.54. The van der Waals surface area contributed by atoms with Crippen molar-refractivity contribution >= 4 is 10.9 Å². The van der Waals surface area contributed by atoms with Crippen LogP contribution in [-0.2, 0) is 0 Å². The maximum atomic E-state index is 8.85. The lowest BCUT2D eigenvalue weighted by Gasteiger charge is -2.03. The molecule has 0 fully saturated rings. The molecule has 0 amide bonds. The average molecular weight is 231 g/mol. The van der Waals surface area contributed by atoms with Gasteiger partial charge in [0.15, 0.2) is 0 Å². The van der Waals surface area contributed by atoms with E-state index in [9.17, 15) is 0 Å². The third kappa shape index (κ3) is 1.80. The molecule has 84 valence electrons. The van der Waals surface area contributed by atoms with Gasteiger partial charge in [-0.3, -0.25) is 0 Å². The Morgan fingerprint density at radius 3 is 2.78 bits per heavy atom. The minimum atomic E-state index is 0.405. The van der Waals surface area contributed by atoms with Crippen molar-refractivity contribution in [2.24, 2.45) is 0 Å². The fourth-order valence-electron chi connectivity index (χ4n) is 1.88. The monoisotopic (exact) mass is 231 g/mol. The number of hydrogen-bond acceptors (Lipinski definition) is 3. The molecule has 2 aromatic heterocycles. The molecule has 0 saturated heterocycles. The van der Waals surface area contributed by atoms with E-state index in [4.69, 9.17) is 5.26 Å². The lowest BCUT2D eigenvalue weighted by Crippen LogP contribution is -1.87. The molecule has 0 spiro atoms. The molecule has 0 aliphatic carbocycles. The van der Waals surface area contributed by atoms with Gasteiger partial charge in [-0.2, -0.15) is 5.26 Å². The van der Waals surface area contributed by atoms with Crippen LogP contribution < -0.4 is 0 Å². The van der Waals surface area contributed by atoms with Crippen LogP contribution in [0.4, 0.5) is 0 Å². The summed E-state index contributed by atoms with van der Waals surface area (Å²) in [6.07, 6.45) is 1.63. The second-order valence-electron chi connectivity index (χ2n) is 3.93. The smallest absolute Gasteiger partial charge is 0.141 e. The Bertz CT molecular complexity index is 757. The van der Waals surface area contributed by atoms with E-state index in [0.29, 0.717) is 5.69 Å². The highest BCUT2D eigenvalue weighted by Gasteiger charge is 2.02. The summed E-state index contributed by atoms with van der Waals surface area (Å²) in [4.78, 5) is 8.54. The highest BCUT2D eigenvalue weighted by atomic mass is 14.7. The van der Waals surface area contributed by atoms with Gasteiger partial charge in [-0.25, -0.2) is 9.97 Å². The number of nitrogens with zero attached hydrogens (tertiary/aromatic N) is 3. The van der Waals surface area contributed by atoms with Gasteiger partial charge in [0.05, 0.1) is 11.2 Å². The van der Waals surface area contributed by atoms with Crippen molar-refractivity contribution in [3.63, 3.8) is 0 Å². The average Bonchev–Trinajstić information content (AvgIpc) is 2.47. The fourth-order valence-corrected chi connectivity index (χ4v) is 1.88. The van der Waals surface area contributed by atoms with Crippen molar-refractivity contribution < 1.29 is 0 Å². The zero-order valence-corrected chi connectivity index (χ0v) is 9.54. The van der Waals surface area contributed by atoms with E-state index < -0.39 is 0 Å². The van der Waals surface area contributed by atoms with Crippen molar-refractivity contribution in [2.75, 3.05) is 0 Å². The Morgan fingerprint density at radius 2 is 1.89 bits per heavy atom. The predicted octanol–water partition coefficient (Wildman–Crippen LogP) is 3.17. The first kappa shape index (κ1) is 10.4. The highest BCUT2D eigenvalue weighted by Crippen LogP contribution is 2.20. The molecule has 3 rings (SSSR count). The lowest BCUT2D eigenvalue weighted by molar-refractivity contribution is 1.26. The summed E-state index contributed by atoms with van der Waals surface area (Å²) >= 11 is 0. The first-order valence-electron chi connectivity index (χ1n) is 5.59. The second-order valence-corrected chi connectivity index (χ2v) is 3.93. The van der Waals surface area contributed by atoms with Gasteiger partial charge in [-0.15, -0.1) is 0 Å². The number of nitriles is 1. The molecular formula is C15H9N3. The molecule has 0 radical (unpaired) electrons. The van der Waals surface area contributed by atoms with Gasteiger partial charge in [0, 0.05) is 17.1 Å². The third-order valence-corrected chi connectivity index (χ3v) is 2.77. The van der Waals surface area contributed by atoms with Crippen molar-refractivity contribution in [1.82, 2.24) is 9.97 Å². The molecule has 0 unspecified atom stereocenters. The first-order valence-corrected chi connectivity index (χ1v) is 5.59. The molecule has 3 heteroatoms. The van der Waals surface area contributed by atoms with Crippen LogP contribution in [0.1, 0.15) is 5.69 Å². The Balaban J connectivity index is 2.16. The number of rotatable bonds is 1. The Morgan fingerprint density at radius 1 is 1.00 bits per heavy atom. The minimum absolute atomic E-state index is 0.405. The first-order chi connectivity index (χ1) is 8.86. The normalized spacial score (nSPS) is 10.2. The third-order valence-electron chi connectivity index (χ3n) is 2.77. The highest BCUT2D eigenvalue weighted by molar-refractivity contribution is 5.81. The van der Waals surface area contributed by atoms with E-state index in [1.807, 2.05) is 48.5 Å². The van der Waals surface area contributed by atoms with Crippen LogP contribution in [0.3, 0.4) is 0 Å². The molecule has 0 bridgehead atoms. The summed E-state index contributed by atoms with van der Waals surface area (Å²) in [6.45, 7) is 0. The molecule has 3 aromatic rings. The molecule has 0 aliphatic heterocycles.